The molecule has 1 aliphatic heterocycles. The molecule has 0 N–H and O–H groups in total. The number of Topliss-reactive ketones (excluding diaryl/α,β-unsaturated/α-hetero) is 1. The Bertz CT molecular complexity index is 1130. The van der Waals surface area contributed by atoms with Crippen molar-refractivity contribution in [1.29, 1.82) is 0 Å². The lowest BCUT2D eigenvalue weighted by Gasteiger charge is -2.22. The molecule has 0 spiro atoms. The van der Waals surface area contributed by atoms with Crippen LogP contribution in [0.4, 0.5) is 41.3 Å². The Balaban J connectivity index is 1.51. The van der Waals surface area contributed by atoms with Gasteiger partial charge in [-0.15, -0.1) is 0 Å². The average molecular weight is 504 g/mol. The first-order valence-corrected chi connectivity index (χ1v) is 10.7. The highest BCUT2D eigenvalue weighted by molar-refractivity contribution is 5.97. The van der Waals surface area contributed by atoms with Crippen LogP contribution in [0.2, 0.25) is 0 Å². The van der Waals surface area contributed by atoms with E-state index in [-0.39, 0.29) is 18.3 Å². The minimum atomic E-state index is -4.81. The molecule has 0 aromatic carbocycles. The van der Waals surface area contributed by atoms with Crippen molar-refractivity contribution in [2.45, 2.75) is 44.1 Å². The largest absolute Gasteiger partial charge is 0.417 e. The van der Waals surface area contributed by atoms with E-state index < -0.39 is 65.9 Å². The number of nitrogens with zero attached hydrogens (tertiary/aromatic N) is 4. The molecule has 13 heteroatoms. The van der Waals surface area contributed by atoms with Crippen molar-refractivity contribution in [1.82, 2.24) is 14.9 Å². The Morgan fingerprint density at radius 1 is 1.03 bits per heavy atom. The van der Waals surface area contributed by atoms with Crippen LogP contribution in [0.5, 0.6) is 0 Å². The molecule has 1 atom stereocenters. The Hall–Kier alpha value is -3.25. The SMILES string of the molecule is O=C(Cc1cc(C(F)(F)F)ccn1)CN1C(=O)N(c2ncc(C(F)(F)F)cc2F)C[C@@H]1CC1CC1. The van der Waals surface area contributed by atoms with E-state index >= 15 is 0 Å². The van der Waals surface area contributed by atoms with Gasteiger partial charge in [-0.1, -0.05) is 12.8 Å². The van der Waals surface area contributed by atoms with Gasteiger partial charge in [-0.05, 0) is 30.5 Å². The number of alkyl halides is 6. The second kappa shape index (κ2) is 9.08. The lowest BCUT2D eigenvalue weighted by molar-refractivity contribution is -0.138. The van der Waals surface area contributed by atoms with E-state index in [2.05, 4.69) is 9.97 Å². The van der Waals surface area contributed by atoms with Gasteiger partial charge in [0.05, 0.1) is 30.1 Å². The fourth-order valence-corrected chi connectivity index (χ4v) is 4.00. The Morgan fingerprint density at radius 2 is 1.71 bits per heavy atom. The monoisotopic (exact) mass is 504 g/mol. The van der Waals surface area contributed by atoms with Crippen molar-refractivity contribution in [2.24, 2.45) is 5.92 Å². The van der Waals surface area contributed by atoms with E-state index in [0.29, 0.717) is 18.5 Å². The Kier molecular flexibility index (Phi) is 6.45. The maximum Gasteiger partial charge on any atom is 0.417 e. The molecule has 35 heavy (non-hydrogen) atoms. The number of ketones is 1. The highest BCUT2D eigenvalue weighted by atomic mass is 19.4. The zero-order valence-electron chi connectivity index (χ0n) is 18.0. The van der Waals surface area contributed by atoms with Crippen LogP contribution in [-0.2, 0) is 23.6 Å². The van der Waals surface area contributed by atoms with Crippen LogP contribution in [0.15, 0.2) is 30.6 Å². The fraction of sp³-hybridized carbons (Fsp3) is 0.455. The fourth-order valence-electron chi connectivity index (χ4n) is 4.00. The first kappa shape index (κ1) is 24.9. The molecule has 0 unspecified atom stereocenters. The summed E-state index contributed by atoms with van der Waals surface area (Å²) >= 11 is 0. The first-order chi connectivity index (χ1) is 16.3. The van der Waals surface area contributed by atoms with Gasteiger partial charge in [0, 0.05) is 24.6 Å². The zero-order chi connectivity index (χ0) is 25.5. The maximum absolute atomic E-state index is 14.5. The number of aromatic nitrogens is 2. The summed E-state index contributed by atoms with van der Waals surface area (Å²) in [6, 6.07) is 0.425. The van der Waals surface area contributed by atoms with Gasteiger partial charge in [0.25, 0.3) is 0 Å². The molecule has 6 nitrogen and oxygen atoms in total. The number of carbonyl (C=O) groups excluding carboxylic acids is 2. The Morgan fingerprint density at radius 3 is 2.31 bits per heavy atom. The van der Waals surface area contributed by atoms with Crippen molar-refractivity contribution in [3.8, 4) is 0 Å². The molecule has 0 radical (unpaired) electrons. The summed E-state index contributed by atoms with van der Waals surface area (Å²) < 4.78 is 91.8. The summed E-state index contributed by atoms with van der Waals surface area (Å²) in [5.41, 5.74) is -2.39. The van der Waals surface area contributed by atoms with E-state index in [4.69, 9.17) is 0 Å². The molecule has 2 aliphatic rings. The second-order valence-corrected chi connectivity index (χ2v) is 8.63. The molecule has 2 aromatic rings. The molecule has 188 valence electrons. The number of urea groups is 1. The van der Waals surface area contributed by atoms with E-state index in [1.54, 1.807) is 0 Å². The van der Waals surface area contributed by atoms with E-state index in [1.807, 2.05) is 0 Å². The van der Waals surface area contributed by atoms with Crippen molar-refractivity contribution in [3.05, 3.63) is 53.2 Å². The van der Waals surface area contributed by atoms with Gasteiger partial charge >= 0.3 is 18.4 Å². The molecule has 3 heterocycles. The van der Waals surface area contributed by atoms with Crippen LogP contribution in [0.1, 0.15) is 36.1 Å². The topological polar surface area (TPSA) is 66.4 Å². The normalized spacial score (nSPS) is 18.9. The highest BCUT2D eigenvalue weighted by Gasteiger charge is 2.43. The predicted octanol–water partition coefficient (Wildman–Crippen LogP) is 4.88. The summed E-state index contributed by atoms with van der Waals surface area (Å²) in [4.78, 5) is 35.0. The van der Waals surface area contributed by atoms with Crippen molar-refractivity contribution in [3.63, 3.8) is 0 Å². The first-order valence-electron chi connectivity index (χ1n) is 10.7. The molecular formula is C22H19F7N4O2. The van der Waals surface area contributed by atoms with Crippen molar-refractivity contribution < 1.29 is 40.3 Å². The van der Waals surface area contributed by atoms with Gasteiger partial charge in [-0.25, -0.2) is 14.2 Å². The highest BCUT2D eigenvalue weighted by Crippen LogP contribution is 2.38. The van der Waals surface area contributed by atoms with Gasteiger partial charge in [0.1, 0.15) is 0 Å². The van der Waals surface area contributed by atoms with Gasteiger partial charge < -0.3 is 4.90 Å². The molecular weight excluding hydrogens is 485 g/mol. The molecule has 1 saturated carbocycles. The second-order valence-electron chi connectivity index (χ2n) is 8.63. The van der Waals surface area contributed by atoms with Crippen molar-refractivity contribution in [2.75, 3.05) is 18.0 Å². The maximum atomic E-state index is 14.5. The van der Waals surface area contributed by atoms with Crippen LogP contribution in [0, 0.1) is 11.7 Å². The van der Waals surface area contributed by atoms with Gasteiger partial charge in [-0.3, -0.25) is 14.7 Å². The third-order valence-corrected chi connectivity index (χ3v) is 5.89. The quantitative estimate of drug-likeness (QED) is 0.505. The molecule has 2 fully saturated rings. The number of amides is 2. The zero-order valence-corrected chi connectivity index (χ0v) is 18.0. The van der Waals surface area contributed by atoms with Crippen LogP contribution >= 0.6 is 0 Å². The number of hydrogen-bond acceptors (Lipinski definition) is 4. The lowest BCUT2D eigenvalue weighted by Crippen LogP contribution is -2.40. The minimum Gasteiger partial charge on any atom is -0.312 e. The molecule has 2 aromatic heterocycles. The molecule has 2 amide bonds. The Labute approximate surface area is 194 Å². The number of anilines is 1. The number of halogens is 7. The third-order valence-electron chi connectivity index (χ3n) is 5.89. The smallest absolute Gasteiger partial charge is 0.312 e. The minimum absolute atomic E-state index is 0.0836. The summed E-state index contributed by atoms with van der Waals surface area (Å²) in [7, 11) is 0. The number of rotatable bonds is 7. The number of hydrogen-bond donors (Lipinski definition) is 0. The van der Waals surface area contributed by atoms with E-state index in [9.17, 15) is 40.3 Å². The molecule has 1 saturated heterocycles. The molecule has 0 bridgehead atoms. The van der Waals surface area contributed by atoms with Crippen molar-refractivity contribution >= 4 is 17.6 Å². The van der Waals surface area contributed by atoms with Crippen LogP contribution in [0.25, 0.3) is 0 Å². The third kappa shape index (κ3) is 5.70. The summed E-state index contributed by atoms with van der Waals surface area (Å²) in [6.07, 6.45) is -6.21. The van der Waals surface area contributed by atoms with Gasteiger partial charge in [-0.2, -0.15) is 26.3 Å². The van der Waals surface area contributed by atoms with Crippen LogP contribution < -0.4 is 4.90 Å². The predicted molar refractivity (Wildman–Crippen MR) is 108 cm³/mol. The molecule has 1 aliphatic carbocycles. The van der Waals surface area contributed by atoms with E-state index in [0.717, 1.165) is 36.1 Å². The van der Waals surface area contributed by atoms with E-state index in [1.165, 1.54) is 4.90 Å². The van der Waals surface area contributed by atoms with Gasteiger partial charge in [0.2, 0.25) is 0 Å². The summed E-state index contributed by atoms with van der Waals surface area (Å²) in [6.45, 7) is -0.549. The number of carbonyl (C=O) groups is 2. The van der Waals surface area contributed by atoms with Gasteiger partial charge in [0.15, 0.2) is 17.4 Å². The standard InChI is InChI=1S/C22H19F7N4O2/c23-18-7-14(22(27,28)29)9-31-19(18)33-10-16(5-12-1-2-12)32(20(33)35)11-17(34)8-15-6-13(3-4-30-15)21(24,25)26/h3-4,6-7,9,12,16H,1-2,5,8,10-11H2/t16-/m0/s1. The summed E-state index contributed by atoms with van der Waals surface area (Å²) in [5, 5.41) is 0. The van der Waals surface area contributed by atoms with Crippen LogP contribution in [0.3, 0.4) is 0 Å². The lowest BCUT2D eigenvalue weighted by atomic mass is 10.1. The average Bonchev–Trinajstić information content (AvgIpc) is 3.53. The number of pyridine rings is 2. The summed E-state index contributed by atoms with van der Waals surface area (Å²) in [5.74, 6) is -2.22. The van der Waals surface area contributed by atoms with Crippen LogP contribution in [-0.4, -0.2) is 45.8 Å². The molecule has 4 rings (SSSR count).